The Kier molecular flexibility index (Phi) is 4.13. The highest BCUT2D eigenvalue weighted by Crippen LogP contribution is 2.32. The van der Waals surface area contributed by atoms with Crippen LogP contribution in [0, 0.1) is 6.92 Å². The van der Waals surface area contributed by atoms with E-state index in [0.29, 0.717) is 23.1 Å². The van der Waals surface area contributed by atoms with Crippen LogP contribution in [0.5, 0.6) is 0 Å². The van der Waals surface area contributed by atoms with Gasteiger partial charge >= 0.3 is 0 Å². The van der Waals surface area contributed by atoms with Crippen LogP contribution < -0.4 is 5.56 Å². The van der Waals surface area contributed by atoms with Gasteiger partial charge in [0.05, 0.1) is 23.7 Å². The Morgan fingerprint density at radius 2 is 1.77 bits per heavy atom. The average molecular weight is 403 g/mol. The third-order valence-electron chi connectivity index (χ3n) is 6.67. The number of benzene rings is 1. The topological polar surface area (TPSA) is 74.8 Å². The lowest BCUT2D eigenvalue weighted by atomic mass is 10.2. The Bertz CT molecular complexity index is 1330. The second-order valence-electron chi connectivity index (χ2n) is 8.60. The molecule has 3 aromatic heterocycles. The highest BCUT2D eigenvalue weighted by atomic mass is 16.5. The van der Waals surface area contributed by atoms with E-state index in [4.69, 9.17) is 19.7 Å². The molecule has 2 aliphatic rings. The molecule has 0 amide bonds. The van der Waals surface area contributed by atoms with Crippen molar-refractivity contribution in [2.75, 3.05) is 6.61 Å². The summed E-state index contributed by atoms with van der Waals surface area (Å²) >= 11 is 0. The summed E-state index contributed by atoms with van der Waals surface area (Å²) in [6.07, 6.45) is 6.61. The van der Waals surface area contributed by atoms with Gasteiger partial charge < -0.3 is 9.30 Å². The number of aromatic nitrogens is 5. The SMILES string of the molecule is Cc1nc2c(c(=O)n1C1CCCC1)c1nc3ccccc3nc1n2C[C@H]1CCCO1. The molecule has 4 heterocycles. The van der Waals surface area contributed by atoms with Crippen molar-refractivity contribution in [1.82, 2.24) is 24.1 Å². The fourth-order valence-corrected chi connectivity index (χ4v) is 5.23. The summed E-state index contributed by atoms with van der Waals surface area (Å²) in [6.45, 7) is 3.38. The van der Waals surface area contributed by atoms with Crippen LogP contribution in [-0.4, -0.2) is 36.8 Å². The second kappa shape index (κ2) is 6.87. The number of aryl methyl sites for hydroxylation is 1. The van der Waals surface area contributed by atoms with Crippen LogP contribution >= 0.6 is 0 Å². The third kappa shape index (κ3) is 2.68. The van der Waals surface area contributed by atoms with Crippen molar-refractivity contribution in [3.8, 4) is 0 Å². The van der Waals surface area contributed by atoms with Crippen LogP contribution in [0.4, 0.5) is 0 Å². The Morgan fingerprint density at radius 1 is 1.00 bits per heavy atom. The Balaban J connectivity index is 1.68. The number of nitrogens with zero attached hydrogens (tertiary/aromatic N) is 5. The largest absolute Gasteiger partial charge is 0.376 e. The molecule has 0 unspecified atom stereocenters. The van der Waals surface area contributed by atoms with E-state index in [1.165, 1.54) is 12.8 Å². The first-order valence-corrected chi connectivity index (χ1v) is 11.0. The monoisotopic (exact) mass is 403 g/mol. The van der Waals surface area contributed by atoms with Gasteiger partial charge in [0.15, 0.2) is 11.3 Å². The lowest BCUT2D eigenvalue weighted by molar-refractivity contribution is 0.0986. The van der Waals surface area contributed by atoms with Gasteiger partial charge in [-0.15, -0.1) is 0 Å². The normalized spacial score (nSPS) is 20.2. The second-order valence-corrected chi connectivity index (χ2v) is 8.60. The summed E-state index contributed by atoms with van der Waals surface area (Å²) in [5.74, 6) is 0.778. The van der Waals surface area contributed by atoms with Crippen LogP contribution in [0.15, 0.2) is 29.1 Å². The smallest absolute Gasteiger partial charge is 0.265 e. The van der Waals surface area contributed by atoms with Crippen LogP contribution in [0.2, 0.25) is 0 Å². The number of rotatable bonds is 3. The maximum atomic E-state index is 13.7. The first-order valence-electron chi connectivity index (χ1n) is 11.0. The average Bonchev–Trinajstić information content (AvgIpc) is 3.49. The number of hydrogen-bond acceptors (Lipinski definition) is 5. The van der Waals surface area contributed by atoms with Gasteiger partial charge in [-0.2, -0.15) is 0 Å². The van der Waals surface area contributed by atoms with Gasteiger partial charge in [0.1, 0.15) is 16.7 Å². The van der Waals surface area contributed by atoms with Crippen molar-refractivity contribution in [3.63, 3.8) is 0 Å². The van der Waals surface area contributed by atoms with E-state index in [0.717, 1.165) is 54.8 Å². The molecule has 0 radical (unpaired) electrons. The van der Waals surface area contributed by atoms with Crippen molar-refractivity contribution >= 4 is 33.2 Å². The molecule has 2 fully saturated rings. The Hall–Kier alpha value is -2.80. The maximum Gasteiger partial charge on any atom is 0.265 e. The first kappa shape index (κ1) is 18.0. The minimum absolute atomic E-state index is 0.0186. The summed E-state index contributed by atoms with van der Waals surface area (Å²) in [5, 5.41) is 0.596. The molecular formula is C23H25N5O2. The van der Waals surface area contributed by atoms with E-state index in [1.807, 2.05) is 35.8 Å². The summed E-state index contributed by atoms with van der Waals surface area (Å²) in [4.78, 5) is 28.5. The van der Waals surface area contributed by atoms with Crippen molar-refractivity contribution in [3.05, 3.63) is 40.4 Å². The highest BCUT2D eigenvalue weighted by molar-refractivity contribution is 6.04. The van der Waals surface area contributed by atoms with Crippen molar-refractivity contribution in [2.45, 2.75) is 64.1 Å². The van der Waals surface area contributed by atoms with Gasteiger partial charge in [-0.1, -0.05) is 25.0 Å². The third-order valence-corrected chi connectivity index (χ3v) is 6.67. The van der Waals surface area contributed by atoms with Crippen molar-refractivity contribution in [1.29, 1.82) is 0 Å². The van der Waals surface area contributed by atoms with E-state index < -0.39 is 0 Å². The zero-order valence-electron chi connectivity index (χ0n) is 17.2. The van der Waals surface area contributed by atoms with Crippen LogP contribution in [0.25, 0.3) is 33.2 Å². The van der Waals surface area contributed by atoms with Crippen LogP contribution in [-0.2, 0) is 11.3 Å². The molecule has 0 bridgehead atoms. The minimum atomic E-state index is 0.0186. The quantitative estimate of drug-likeness (QED) is 0.519. The zero-order valence-corrected chi connectivity index (χ0v) is 17.2. The molecule has 6 rings (SSSR count). The van der Waals surface area contributed by atoms with E-state index in [2.05, 4.69) is 4.57 Å². The molecule has 154 valence electrons. The lowest BCUT2D eigenvalue weighted by Gasteiger charge is -2.17. The van der Waals surface area contributed by atoms with Gasteiger partial charge in [-0.3, -0.25) is 9.36 Å². The minimum Gasteiger partial charge on any atom is -0.376 e. The lowest BCUT2D eigenvalue weighted by Crippen LogP contribution is -2.27. The number of hydrogen-bond donors (Lipinski definition) is 0. The molecule has 7 nitrogen and oxygen atoms in total. The van der Waals surface area contributed by atoms with E-state index in [1.54, 1.807) is 0 Å². The number of para-hydroxylation sites is 2. The molecule has 1 saturated heterocycles. The van der Waals surface area contributed by atoms with E-state index >= 15 is 0 Å². The molecule has 1 atom stereocenters. The summed E-state index contributed by atoms with van der Waals surface area (Å²) in [7, 11) is 0. The van der Waals surface area contributed by atoms with Gasteiger partial charge in [-0.25, -0.2) is 15.0 Å². The molecule has 0 spiro atoms. The molecular weight excluding hydrogens is 378 g/mol. The van der Waals surface area contributed by atoms with Gasteiger partial charge in [0.25, 0.3) is 5.56 Å². The van der Waals surface area contributed by atoms with Crippen LogP contribution in [0.3, 0.4) is 0 Å². The van der Waals surface area contributed by atoms with Crippen molar-refractivity contribution in [2.24, 2.45) is 0 Å². The number of ether oxygens (including phenoxy) is 1. The fourth-order valence-electron chi connectivity index (χ4n) is 5.23. The summed E-state index contributed by atoms with van der Waals surface area (Å²) in [5.41, 5.74) is 3.72. The van der Waals surface area contributed by atoms with Crippen LogP contribution in [0.1, 0.15) is 50.4 Å². The summed E-state index contributed by atoms with van der Waals surface area (Å²) < 4.78 is 9.86. The van der Waals surface area contributed by atoms with E-state index in [-0.39, 0.29) is 17.7 Å². The maximum absolute atomic E-state index is 13.7. The fraction of sp³-hybridized carbons (Fsp3) is 0.478. The molecule has 1 saturated carbocycles. The molecule has 0 N–H and O–H groups in total. The van der Waals surface area contributed by atoms with Gasteiger partial charge in [0, 0.05) is 12.6 Å². The van der Waals surface area contributed by atoms with Gasteiger partial charge in [0.2, 0.25) is 0 Å². The molecule has 1 aliphatic carbocycles. The molecule has 7 heteroatoms. The standard InChI is InChI=1S/C23H25N5O2/c1-14-24-21-19(23(29)28(14)15-7-2-3-8-15)20-22(27(21)13-16-9-6-12-30-16)26-18-11-5-4-10-17(18)25-20/h4-5,10-11,15-16H,2-3,6-9,12-13H2,1H3/t16-/m1/s1. The predicted molar refractivity (Wildman–Crippen MR) is 116 cm³/mol. The molecule has 1 aliphatic heterocycles. The Morgan fingerprint density at radius 3 is 2.50 bits per heavy atom. The highest BCUT2D eigenvalue weighted by Gasteiger charge is 2.27. The molecule has 4 aromatic rings. The predicted octanol–water partition coefficient (Wildman–Crippen LogP) is 3.90. The summed E-state index contributed by atoms with van der Waals surface area (Å²) in [6, 6.07) is 8.06. The zero-order chi connectivity index (χ0) is 20.2. The molecule has 1 aromatic carbocycles. The molecule has 30 heavy (non-hydrogen) atoms. The number of fused-ring (bicyclic) bond motifs is 4. The Labute approximate surface area is 173 Å². The first-order chi connectivity index (χ1) is 14.7. The van der Waals surface area contributed by atoms with Gasteiger partial charge in [-0.05, 0) is 44.7 Å². The van der Waals surface area contributed by atoms with E-state index in [9.17, 15) is 4.79 Å². The van der Waals surface area contributed by atoms with Crippen molar-refractivity contribution < 1.29 is 4.74 Å².